The van der Waals surface area contributed by atoms with E-state index in [2.05, 4.69) is 112 Å². The van der Waals surface area contributed by atoms with Crippen molar-refractivity contribution >= 4 is 42.1 Å². The molecular formula is C36H60N4O7Si3. The Bertz CT molecular complexity index is 1640. The number of nitrogens with zero attached hydrogens (tertiary/aromatic N) is 4. The SMILES string of the molecule is COc1nc(OC(=O)c2ccccc2)nc2c1ncn2[C@@H]1O[C@H](CO[Si](C)(C)C(C)(C)C)[C@@H](O[Si](C)(C)C(C)(C)C)[C@H]1O[Si](C)(C)C(C)(C)C. The highest BCUT2D eigenvalue weighted by atomic mass is 28.4. The van der Waals surface area contributed by atoms with Gasteiger partial charge < -0.3 is 27.5 Å². The van der Waals surface area contributed by atoms with Crippen molar-refractivity contribution in [1.82, 2.24) is 19.5 Å². The Kier molecular flexibility index (Phi) is 11.4. The monoisotopic (exact) mass is 744 g/mol. The molecule has 1 aromatic carbocycles. The number of benzene rings is 1. The van der Waals surface area contributed by atoms with Gasteiger partial charge in [0.2, 0.25) is 5.88 Å². The van der Waals surface area contributed by atoms with E-state index in [1.165, 1.54) is 7.11 Å². The van der Waals surface area contributed by atoms with Crippen LogP contribution in [0.2, 0.25) is 54.4 Å². The first-order valence-electron chi connectivity index (χ1n) is 17.5. The molecule has 0 radical (unpaired) electrons. The van der Waals surface area contributed by atoms with Crippen LogP contribution in [0.4, 0.5) is 0 Å². The Balaban J connectivity index is 1.87. The molecule has 1 aliphatic rings. The van der Waals surface area contributed by atoms with E-state index >= 15 is 0 Å². The summed E-state index contributed by atoms with van der Waals surface area (Å²) in [5, 5.41) is -0.132. The molecule has 1 fully saturated rings. The molecular weight excluding hydrogens is 685 g/mol. The van der Waals surface area contributed by atoms with E-state index in [0.29, 0.717) is 23.3 Å². The fourth-order valence-corrected chi connectivity index (χ4v) is 8.46. The summed E-state index contributed by atoms with van der Waals surface area (Å²) in [5.41, 5.74) is 1.17. The minimum Gasteiger partial charge on any atom is -0.479 e. The number of aromatic nitrogens is 4. The fourth-order valence-electron chi connectivity index (χ4n) is 4.84. The zero-order valence-electron chi connectivity index (χ0n) is 33.1. The highest BCUT2D eigenvalue weighted by Crippen LogP contribution is 2.47. The van der Waals surface area contributed by atoms with Crippen LogP contribution in [0.1, 0.15) is 78.9 Å². The molecule has 14 heteroatoms. The summed E-state index contributed by atoms with van der Waals surface area (Å²) in [5.74, 6) is -0.406. The van der Waals surface area contributed by atoms with Crippen LogP contribution < -0.4 is 9.47 Å². The second-order valence-electron chi connectivity index (χ2n) is 17.9. The first-order valence-corrected chi connectivity index (χ1v) is 26.2. The quantitative estimate of drug-likeness (QED) is 0.139. The van der Waals surface area contributed by atoms with Crippen molar-refractivity contribution in [2.24, 2.45) is 0 Å². The van der Waals surface area contributed by atoms with Gasteiger partial charge in [0.05, 0.1) is 25.6 Å². The van der Waals surface area contributed by atoms with Crippen LogP contribution in [0.25, 0.3) is 11.2 Å². The summed E-state index contributed by atoms with van der Waals surface area (Å²) in [7, 11) is -5.40. The molecule has 3 aromatic rings. The average molecular weight is 745 g/mol. The number of rotatable bonds is 11. The van der Waals surface area contributed by atoms with E-state index < -0.39 is 55.5 Å². The molecule has 0 N–H and O–H groups in total. The van der Waals surface area contributed by atoms with E-state index in [4.69, 9.17) is 32.5 Å². The molecule has 50 heavy (non-hydrogen) atoms. The van der Waals surface area contributed by atoms with Crippen LogP contribution in [0.15, 0.2) is 36.7 Å². The van der Waals surface area contributed by atoms with Gasteiger partial charge in [-0.3, -0.25) is 4.57 Å². The van der Waals surface area contributed by atoms with Gasteiger partial charge in [0, 0.05) is 0 Å². The number of fused-ring (bicyclic) bond motifs is 1. The van der Waals surface area contributed by atoms with Gasteiger partial charge in [-0.1, -0.05) is 80.5 Å². The number of methoxy groups -OCH3 is 1. The van der Waals surface area contributed by atoms with Gasteiger partial charge in [0.25, 0.3) is 0 Å². The molecule has 0 aliphatic carbocycles. The van der Waals surface area contributed by atoms with Crippen molar-refractivity contribution in [3.8, 4) is 11.9 Å². The van der Waals surface area contributed by atoms with Crippen LogP contribution in [-0.4, -0.2) is 82.5 Å². The van der Waals surface area contributed by atoms with Gasteiger partial charge in [-0.15, -0.1) is 0 Å². The normalized spacial score (nSPS) is 21.1. The van der Waals surface area contributed by atoms with E-state index in [0.717, 1.165) is 0 Å². The number of imidazole rings is 1. The summed E-state index contributed by atoms with van der Waals surface area (Å²) < 4.78 is 41.6. The molecule has 278 valence electrons. The highest BCUT2D eigenvalue weighted by Gasteiger charge is 2.55. The molecule has 1 saturated heterocycles. The summed E-state index contributed by atoms with van der Waals surface area (Å²) in [6.45, 7) is 33.9. The van der Waals surface area contributed by atoms with Gasteiger partial charge in [-0.25, -0.2) is 9.78 Å². The van der Waals surface area contributed by atoms with Gasteiger partial charge in [0.1, 0.15) is 18.3 Å². The van der Waals surface area contributed by atoms with Crippen molar-refractivity contribution < 1.29 is 32.3 Å². The Hall–Kier alpha value is -2.47. The summed E-state index contributed by atoms with van der Waals surface area (Å²) in [6.07, 6.45) is -0.413. The maximum atomic E-state index is 13.0. The van der Waals surface area contributed by atoms with Crippen molar-refractivity contribution in [3.05, 3.63) is 42.2 Å². The van der Waals surface area contributed by atoms with Crippen LogP contribution in [0.3, 0.4) is 0 Å². The van der Waals surface area contributed by atoms with Crippen LogP contribution >= 0.6 is 0 Å². The Labute approximate surface area is 302 Å². The summed E-state index contributed by atoms with van der Waals surface area (Å²) >= 11 is 0. The molecule has 11 nitrogen and oxygen atoms in total. The van der Waals surface area contributed by atoms with Gasteiger partial charge in [-0.05, 0) is 66.5 Å². The number of esters is 1. The fraction of sp³-hybridized carbons (Fsp3) is 0.667. The third-order valence-electron chi connectivity index (χ3n) is 11.2. The zero-order valence-corrected chi connectivity index (χ0v) is 36.1. The Morgan fingerprint density at radius 3 is 1.86 bits per heavy atom. The summed E-state index contributed by atoms with van der Waals surface area (Å²) in [4.78, 5) is 26.8. The molecule has 1 aliphatic heterocycles. The molecule has 2 aromatic heterocycles. The van der Waals surface area contributed by atoms with Crippen molar-refractivity contribution in [3.63, 3.8) is 0 Å². The minimum atomic E-state index is -2.40. The minimum absolute atomic E-state index is 0.0133. The molecule has 4 rings (SSSR count). The van der Waals surface area contributed by atoms with Crippen molar-refractivity contribution in [1.29, 1.82) is 0 Å². The number of ether oxygens (including phenoxy) is 3. The average Bonchev–Trinajstić information content (AvgIpc) is 3.55. The summed E-state index contributed by atoms with van der Waals surface area (Å²) in [6, 6.07) is 8.56. The largest absolute Gasteiger partial charge is 0.479 e. The maximum absolute atomic E-state index is 13.0. The standard InChI is InChI=1S/C36H60N4O7Si3/c1-34(2,3)48(11,12)43-22-25-27(46-49(13,14)35(4,5)6)28(47-50(15,16)36(7,8)9)31(44-25)40-23-37-26-29(40)38-33(39-30(26)42-10)45-32(41)24-20-18-17-19-21-24/h17-21,23,25,27-28,31H,22H2,1-16H3/t25-,27-,28-,31-/m1/s1. The first kappa shape index (κ1) is 40.3. The maximum Gasteiger partial charge on any atom is 0.345 e. The molecule has 3 heterocycles. The molecule has 4 atom stereocenters. The molecule has 0 amide bonds. The van der Waals surface area contributed by atoms with Crippen molar-refractivity contribution in [2.75, 3.05) is 13.7 Å². The smallest absolute Gasteiger partial charge is 0.345 e. The lowest BCUT2D eigenvalue weighted by molar-refractivity contribution is -0.0470. The lowest BCUT2D eigenvalue weighted by Crippen LogP contribution is -2.54. The predicted octanol–water partition coefficient (Wildman–Crippen LogP) is 8.75. The third-order valence-corrected chi connectivity index (χ3v) is 24.7. The Morgan fingerprint density at radius 2 is 1.34 bits per heavy atom. The predicted molar refractivity (Wildman–Crippen MR) is 204 cm³/mol. The third kappa shape index (κ3) is 8.42. The van der Waals surface area contributed by atoms with Crippen LogP contribution in [0, 0.1) is 0 Å². The number of hydrogen-bond acceptors (Lipinski definition) is 10. The number of hydrogen-bond donors (Lipinski definition) is 0. The topological polar surface area (TPSA) is 116 Å². The lowest BCUT2D eigenvalue weighted by Gasteiger charge is -2.44. The van der Waals surface area contributed by atoms with Gasteiger partial charge >= 0.3 is 12.0 Å². The number of carbonyl (C=O) groups excluding carboxylic acids is 1. The first-order chi connectivity index (χ1) is 22.8. The van der Waals surface area contributed by atoms with Crippen LogP contribution in [0.5, 0.6) is 11.9 Å². The zero-order chi connectivity index (χ0) is 37.7. The second-order valence-corrected chi connectivity index (χ2v) is 32.2. The van der Waals surface area contributed by atoms with Crippen LogP contribution in [-0.2, 0) is 18.0 Å². The van der Waals surface area contributed by atoms with E-state index in [1.807, 2.05) is 10.6 Å². The molecule has 0 spiro atoms. The van der Waals surface area contributed by atoms with Gasteiger partial charge in [-0.2, -0.15) is 9.97 Å². The lowest BCUT2D eigenvalue weighted by atomic mass is 10.1. The van der Waals surface area contributed by atoms with E-state index in [9.17, 15) is 4.79 Å². The Morgan fingerprint density at radius 1 is 0.800 bits per heavy atom. The van der Waals surface area contributed by atoms with Gasteiger partial charge in [0.15, 0.2) is 42.3 Å². The van der Waals surface area contributed by atoms with E-state index in [-0.39, 0.29) is 27.0 Å². The molecule has 0 bridgehead atoms. The number of carbonyl (C=O) groups is 1. The highest BCUT2D eigenvalue weighted by molar-refractivity contribution is 6.75. The van der Waals surface area contributed by atoms with E-state index in [1.54, 1.807) is 30.6 Å². The molecule has 0 unspecified atom stereocenters. The van der Waals surface area contributed by atoms with Crippen molar-refractivity contribution in [2.45, 2.75) is 141 Å². The second kappa shape index (κ2) is 14.2. The molecule has 0 saturated carbocycles.